The standard InChI is InChI=1S/C27H32N4O2/c1-27(2)17-19-18-28-26(30-25(19)23-16-21(32-3)9-10-24(23)27)29-20-7-6-8-22(15-20)33-14-13-31-11-4-5-12-31/h6-10,15-16,18H,4-5,11-14,17H2,1-3H3,(H,28,29,30). The number of ether oxygens (including phenoxy) is 2. The Bertz CT molecular complexity index is 1140. The maximum Gasteiger partial charge on any atom is 0.227 e. The topological polar surface area (TPSA) is 59.5 Å². The van der Waals surface area contributed by atoms with Crippen molar-refractivity contribution in [1.82, 2.24) is 14.9 Å². The number of nitrogens with one attached hydrogen (secondary N) is 1. The molecule has 5 rings (SSSR count). The lowest BCUT2D eigenvalue weighted by molar-refractivity contribution is 0.238. The van der Waals surface area contributed by atoms with Crippen molar-refractivity contribution in [2.45, 2.75) is 38.5 Å². The SMILES string of the molecule is COc1ccc2c(c1)-c1nc(Nc3cccc(OCCN4CCCC4)c3)ncc1CC2(C)C. The van der Waals surface area contributed by atoms with Crippen LogP contribution in [0.4, 0.5) is 11.6 Å². The Morgan fingerprint density at radius 2 is 1.91 bits per heavy atom. The number of anilines is 2. The average Bonchev–Trinajstić information content (AvgIpc) is 3.33. The number of fused-ring (bicyclic) bond motifs is 3. The molecule has 6 heteroatoms. The highest BCUT2D eigenvalue weighted by Gasteiger charge is 2.32. The molecule has 1 aliphatic heterocycles. The lowest BCUT2D eigenvalue weighted by Crippen LogP contribution is -2.26. The van der Waals surface area contributed by atoms with Gasteiger partial charge in [-0.15, -0.1) is 0 Å². The van der Waals surface area contributed by atoms with Crippen molar-refractivity contribution in [2.24, 2.45) is 0 Å². The van der Waals surface area contributed by atoms with E-state index >= 15 is 0 Å². The summed E-state index contributed by atoms with van der Waals surface area (Å²) < 4.78 is 11.5. The van der Waals surface area contributed by atoms with Crippen LogP contribution in [0.25, 0.3) is 11.3 Å². The summed E-state index contributed by atoms with van der Waals surface area (Å²) in [6.45, 7) is 8.59. The van der Waals surface area contributed by atoms with E-state index in [1.54, 1.807) is 7.11 Å². The predicted octanol–water partition coefficient (Wildman–Crippen LogP) is 5.20. The van der Waals surface area contributed by atoms with Gasteiger partial charge in [-0.1, -0.05) is 26.0 Å². The summed E-state index contributed by atoms with van der Waals surface area (Å²) in [4.78, 5) is 12.0. The maximum absolute atomic E-state index is 6.00. The molecule has 1 fully saturated rings. The molecule has 0 spiro atoms. The van der Waals surface area contributed by atoms with Crippen molar-refractivity contribution < 1.29 is 9.47 Å². The van der Waals surface area contributed by atoms with Gasteiger partial charge in [-0.05, 0) is 73.2 Å². The van der Waals surface area contributed by atoms with Crippen molar-refractivity contribution in [1.29, 1.82) is 0 Å². The molecule has 172 valence electrons. The number of hydrogen-bond acceptors (Lipinski definition) is 6. The summed E-state index contributed by atoms with van der Waals surface area (Å²) in [5, 5.41) is 3.36. The quantitative estimate of drug-likeness (QED) is 0.540. The third kappa shape index (κ3) is 4.67. The van der Waals surface area contributed by atoms with Crippen LogP contribution in [-0.2, 0) is 11.8 Å². The number of methoxy groups -OCH3 is 1. The summed E-state index contributed by atoms with van der Waals surface area (Å²) >= 11 is 0. The van der Waals surface area contributed by atoms with Gasteiger partial charge in [0.1, 0.15) is 18.1 Å². The second-order valence-corrected chi connectivity index (χ2v) is 9.59. The Labute approximate surface area is 196 Å². The third-order valence-corrected chi connectivity index (χ3v) is 6.67. The van der Waals surface area contributed by atoms with Gasteiger partial charge in [-0.2, -0.15) is 0 Å². The molecule has 0 bridgehead atoms. The maximum atomic E-state index is 6.00. The first kappa shape index (κ1) is 21.7. The Morgan fingerprint density at radius 1 is 1.06 bits per heavy atom. The van der Waals surface area contributed by atoms with Gasteiger partial charge in [0.25, 0.3) is 0 Å². The Kier molecular flexibility index (Phi) is 5.94. The Balaban J connectivity index is 1.34. The zero-order valence-electron chi connectivity index (χ0n) is 19.7. The molecule has 1 saturated heterocycles. The molecule has 0 unspecified atom stereocenters. The zero-order chi connectivity index (χ0) is 22.8. The minimum atomic E-state index is 0.0215. The Hall–Kier alpha value is -3.12. The minimum absolute atomic E-state index is 0.0215. The fraction of sp³-hybridized carbons (Fsp3) is 0.407. The zero-order valence-corrected chi connectivity index (χ0v) is 19.7. The van der Waals surface area contributed by atoms with E-state index in [0.29, 0.717) is 12.6 Å². The van der Waals surface area contributed by atoms with Crippen LogP contribution in [0, 0.1) is 0 Å². The molecule has 33 heavy (non-hydrogen) atoms. The van der Waals surface area contributed by atoms with Crippen LogP contribution in [0.3, 0.4) is 0 Å². The highest BCUT2D eigenvalue weighted by atomic mass is 16.5. The molecule has 2 aliphatic rings. The van der Waals surface area contributed by atoms with Crippen molar-refractivity contribution in [2.75, 3.05) is 38.7 Å². The van der Waals surface area contributed by atoms with E-state index in [2.05, 4.69) is 41.2 Å². The molecule has 1 aliphatic carbocycles. The number of benzene rings is 2. The van der Waals surface area contributed by atoms with Gasteiger partial charge < -0.3 is 14.8 Å². The fourth-order valence-corrected chi connectivity index (χ4v) is 4.93. The summed E-state index contributed by atoms with van der Waals surface area (Å²) in [5.41, 5.74) is 5.46. The van der Waals surface area contributed by atoms with Crippen LogP contribution in [0.1, 0.15) is 37.8 Å². The summed E-state index contributed by atoms with van der Waals surface area (Å²) in [6, 6.07) is 14.3. The van der Waals surface area contributed by atoms with Crippen LogP contribution in [0.2, 0.25) is 0 Å². The molecule has 0 atom stereocenters. The van der Waals surface area contributed by atoms with E-state index in [0.717, 1.165) is 47.0 Å². The lowest BCUT2D eigenvalue weighted by atomic mass is 9.72. The van der Waals surface area contributed by atoms with Crippen LogP contribution < -0.4 is 14.8 Å². The first-order valence-electron chi connectivity index (χ1n) is 11.8. The molecular formula is C27H32N4O2. The number of aromatic nitrogens is 2. The van der Waals surface area contributed by atoms with Crippen LogP contribution in [0.15, 0.2) is 48.7 Å². The van der Waals surface area contributed by atoms with Gasteiger partial charge in [-0.3, -0.25) is 4.90 Å². The summed E-state index contributed by atoms with van der Waals surface area (Å²) in [7, 11) is 1.70. The highest BCUT2D eigenvalue weighted by molar-refractivity contribution is 5.74. The molecule has 0 amide bonds. The van der Waals surface area contributed by atoms with E-state index in [9.17, 15) is 0 Å². The number of likely N-dealkylation sites (tertiary alicyclic amines) is 1. The lowest BCUT2D eigenvalue weighted by Gasteiger charge is -2.33. The van der Waals surface area contributed by atoms with E-state index < -0.39 is 0 Å². The van der Waals surface area contributed by atoms with Gasteiger partial charge in [0.2, 0.25) is 5.95 Å². The van der Waals surface area contributed by atoms with Crippen molar-refractivity contribution in [3.8, 4) is 22.8 Å². The normalized spacial score (nSPS) is 16.7. The van der Waals surface area contributed by atoms with Crippen LogP contribution in [-0.4, -0.2) is 48.2 Å². The van der Waals surface area contributed by atoms with E-state index in [4.69, 9.17) is 14.5 Å². The van der Waals surface area contributed by atoms with Crippen molar-refractivity contribution >= 4 is 11.6 Å². The second kappa shape index (κ2) is 9.02. The fourth-order valence-electron chi connectivity index (χ4n) is 4.93. The van der Waals surface area contributed by atoms with Gasteiger partial charge in [0, 0.05) is 30.1 Å². The first-order valence-corrected chi connectivity index (χ1v) is 11.8. The molecule has 1 aromatic heterocycles. The number of nitrogens with zero attached hydrogens (tertiary/aromatic N) is 3. The van der Waals surface area contributed by atoms with Crippen molar-refractivity contribution in [3.63, 3.8) is 0 Å². The third-order valence-electron chi connectivity index (χ3n) is 6.67. The second-order valence-electron chi connectivity index (χ2n) is 9.59. The molecule has 6 nitrogen and oxygen atoms in total. The predicted molar refractivity (Wildman–Crippen MR) is 132 cm³/mol. The van der Waals surface area contributed by atoms with E-state index in [1.807, 2.05) is 36.5 Å². The molecule has 1 N–H and O–H groups in total. The molecular weight excluding hydrogens is 412 g/mol. The summed E-state index contributed by atoms with van der Waals surface area (Å²) in [5.74, 6) is 2.27. The Morgan fingerprint density at radius 3 is 2.73 bits per heavy atom. The average molecular weight is 445 g/mol. The van der Waals surface area contributed by atoms with Gasteiger partial charge >= 0.3 is 0 Å². The molecule has 0 radical (unpaired) electrons. The number of rotatable bonds is 7. The van der Waals surface area contributed by atoms with Gasteiger partial charge in [-0.25, -0.2) is 9.97 Å². The van der Waals surface area contributed by atoms with E-state index in [1.165, 1.54) is 31.5 Å². The van der Waals surface area contributed by atoms with Crippen LogP contribution >= 0.6 is 0 Å². The smallest absolute Gasteiger partial charge is 0.227 e. The van der Waals surface area contributed by atoms with E-state index in [-0.39, 0.29) is 5.41 Å². The van der Waals surface area contributed by atoms with Gasteiger partial charge in [0.15, 0.2) is 0 Å². The largest absolute Gasteiger partial charge is 0.497 e. The minimum Gasteiger partial charge on any atom is -0.497 e. The van der Waals surface area contributed by atoms with Crippen molar-refractivity contribution in [3.05, 3.63) is 59.8 Å². The monoisotopic (exact) mass is 444 g/mol. The number of hydrogen-bond donors (Lipinski definition) is 1. The molecule has 2 heterocycles. The first-order chi connectivity index (χ1) is 16.0. The molecule has 2 aromatic carbocycles. The highest BCUT2D eigenvalue weighted by Crippen LogP contribution is 2.43. The van der Waals surface area contributed by atoms with Gasteiger partial charge in [0.05, 0.1) is 12.8 Å². The molecule has 3 aromatic rings. The van der Waals surface area contributed by atoms with Crippen LogP contribution in [0.5, 0.6) is 11.5 Å². The molecule has 0 saturated carbocycles. The summed E-state index contributed by atoms with van der Waals surface area (Å²) in [6.07, 6.45) is 5.46.